The summed E-state index contributed by atoms with van der Waals surface area (Å²) in [5.41, 5.74) is 1.02. The molecule has 0 saturated carbocycles. The molecule has 0 atom stereocenters. The number of rotatable bonds is 11. The molecule has 0 radical (unpaired) electrons. The molecule has 0 unspecified atom stereocenters. The summed E-state index contributed by atoms with van der Waals surface area (Å²) in [6, 6.07) is 11.5. The Labute approximate surface area is 186 Å². The van der Waals surface area contributed by atoms with Crippen LogP contribution in [0.4, 0.5) is 11.4 Å². The lowest BCUT2D eigenvalue weighted by Crippen LogP contribution is -2.41. The second-order valence-electron chi connectivity index (χ2n) is 7.01. The van der Waals surface area contributed by atoms with Crippen LogP contribution in [0.3, 0.4) is 0 Å². The molecule has 0 spiro atoms. The van der Waals surface area contributed by atoms with Crippen LogP contribution >= 0.6 is 11.6 Å². The van der Waals surface area contributed by atoms with Crippen LogP contribution in [0.1, 0.15) is 42.6 Å². The largest absolute Gasteiger partial charge is 0.375 e. The molecule has 2 amide bonds. The van der Waals surface area contributed by atoms with Gasteiger partial charge in [-0.1, -0.05) is 43.6 Å². The van der Waals surface area contributed by atoms with Gasteiger partial charge in [0.05, 0.1) is 11.5 Å². The van der Waals surface area contributed by atoms with Gasteiger partial charge in [0.25, 0.3) is 11.6 Å². The summed E-state index contributed by atoms with van der Waals surface area (Å²) in [6.45, 7) is 4.95. The van der Waals surface area contributed by atoms with Crippen LogP contribution in [0.5, 0.6) is 0 Å². The summed E-state index contributed by atoms with van der Waals surface area (Å²) < 4.78 is 0. The second kappa shape index (κ2) is 11.9. The first kappa shape index (κ1) is 24.1. The maximum Gasteiger partial charge on any atom is 0.293 e. The van der Waals surface area contributed by atoms with E-state index in [0.29, 0.717) is 31.1 Å². The van der Waals surface area contributed by atoms with Crippen LogP contribution in [0.2, 0.25) is 5.02 Å². The Kier molecular flexibility index (Phi) is 9.27. The zero-order chi connectivity index (χ0) is 22.8. The summed E-state index contributed by atoms with van der Waals surface area (Å²) in [5, 5.41) is 17.9. The maximum atomic E-state index is 12.9. The molecule has 2 N–H and O–H groups in total. The Balaban J connectivity index is 2.20. The standard InChI is InChI=1S/C22H27ClN4O4/c1-3-11-24-21(28)15-26(12-4-2)22(29)16-9-10-19(20(13-16)27(30)31)25-14-17-7-5-6-8-18(17)23/h5-10,13,25H,3-4,11-12,14-15H2,1-2H3,(H,24,28). The van der Waals surface area contributed by atoms with Crippen LogP contribution in [0.15, 0.2) is 42.5 Å². The molecule has 0 saturated heterocycles. The van der Waals surface area contributed by atoms with E-state index in [0.717, 1.165) is 12.0 Å². The number of anilines is 1. The van der Waals surface area contributed by atoms with Gasteiger partial charge < -0.3 is 15.5 Å². The van der Waals surface area contributed by atoms with Crippen molar-refractivity contribution in [1.29, 1.82) is 0 Å². The predicted octanol–water partition coefficient (Wildman–Crippen LogP) is 4.24. The first-order valence-electron chi connectivity index (χ1n) is 10.2. The lowest BCUT2D eigenvalue weighted by atomic mass is 10.1. The highest BCUT2D eigenvalue weighted by Gasteiger charge is 2.22. The summed E-state index contributed by atoms with van der Waals surface area (Å²) in [5.74, 6) is -0.676. The molecule has 0 aromatic heterocycles. The van der Waals surface area contributed by atoms with Gasteiger partial charge in [-0.05, 0) is 36.6 Å². The van der Waals surface area contributed by atoms with E-state index < -0.39 is 10.8 Å². The third-order valence-electron chi connectivity index (χ3n) is 4.56. The van der Waals surface area contributed by atoms with Gasteiger partial charge in [-0.25, -0.2) is 0 Å². The average Bonchev–Trinajstić information content (AvgIpc) is 2.76. The fraction of sp³-hybridized carbons (Fsp3) is 0.364. The average molecular weight is 447 g/mol. The molecule has 0 aliphatic rings. The van der Waals surface area contributed by atoms with Crippen molar-refractivity contribution >= 4 is 34.8 Å². The molecule has 9 heteroatoms. The Morgan fingerprint density at radius 1 is 1.13 bits per heavy atom. The number of amides is 2. The molecule has 0 bridgehead atoms. The minimum atomic E-state index is -0.538. The van der Waals surface area contributed by atoms with Gasteiger partial charge >= 0.3 is 0 Å². The van der Waals surface area contributed by atoms with Gasteiger partial charge in [0.1, 0.15) is 5.69 Å². The molecular formula is C22H27ClN4O4. The number of benzene rings is 2. The maximum absolute atomic E-state index is 12.9. The van der Waals surface area contributed by atoms with E-state index >= 15 is 0 Å². The third-order valence-corrected chi connectivity index (χ3v) is 4.92. The van der Waals surface area contributed by atoms with E-state index in [1.54, 1.807) is 12.1 Å². The van der Waals surface area contributed by atoms with Crippen molar-refractivity contribution in [3.63, 3.8) is 0 Å². The third kappa shape index (κ3) is 6.96. The number of halogens is 1. The first-order valence-corrected chi connectivity index (χ1v) is 10.6. The molecule has 0 fully saturated rings. The van der Waals surface area contributed by atoms with E-state index in [4.69, 9.17) is 11.6 Å². The number of nitrogens with zero attached hydrogens (tertiary/aromatic N) is 2. The van der Waals surface area contributed by atoms with Crippen LogP contribution in [-0.2, 0) is 11.3 Å². The van der Waals surface area contributed by atoms with E-state index in [1.807, 2.05) is 26.0 Å². The molecule has 2 aromatic rings. The Morgan fingerprint density at radius 2 is 1.87 bits per heavy atom. The van der Waals surface area contributed by atoms with Crippen molar-refractivity contribution in [2.75, 3.05) is 25.0 Å². The first-order chi connectivity index (χ1) is 14.9. The molecule has 0 aliphatic carbocycles. The fourth-order valence-electron chi connectivity index (χ4n) is 3.00. The lowest BCUT2D eigenvalue weighted by Gasteiger charge is -2.22. The molecule has 0 heterocycles. The van der Waals surface area contributed by atoms with E-state index in [9.17, 15) is 19.7 Å². The summed E-state index contributed by atoms with van der Waals surface area (Å²) in [4.78, 5) is 37.5. The van der Waals surface area contributed by atoms with Crippen molar-refractivity contribution in [1.82, 2.24) is 10.2 Å². The van der Waals surface area contributed by atoms with Crippen LogP contribution in [-0.4, -0.2) is 41.3 Å². The van der Waals surface area contributed by atoms with Crippen molar-refractivity contribution in [2.45, 2.75) is 33.2 Å². The van der Waals surface area contributed by atoms with Gasteiger partial charge in [0, 0.05) is 36.3 Å². The minimum Gasteiger partial charge on any atom is -0.375 e. The second-order valence-corrected chi connectivity index (χ2v) is 7.42. The SMILES string of the molecule is CCCNC(=O)CN(CCC)C(=O)c1ccc(NCc2ccccc2Cl)c([N+](=O)[O-])c1. The Hall–Kier alpha value is -3.13. The van der Waals surface area contributed by atoms with Crippen molar-refractivity contribution in [3.05, 3.63) is 68.7 Å². The van der Waals surface area contributed by atoms with Crippen molar-refractivity contribution < 1.29 is 14.5 Å². The van der Waals surface area contributed by atoms with E-state index in [-0.39, 0.29) is 29.4 Å². The molecule has 8 nitrogen and oxygen atoms in total. The smallest absolute Gasteiger partial charge is 0.293 e. The molecular weight excluding hydrogens is 420 g/mol. The van der Waals surface area contributed by atoms with Gasteiger partial charge in [-0.2, -0.15) is 0 Å². The van der Waals surface area contributed by atoms with E-state index in [1.165, 1.54) is 23.1 Å². The molecule has 2 aromatic carbocycles. The van der Waals surface area contributed by atoms with Gasteiger partial charge in [-0.15, -0.1) is 0 Å². The summed E-state index contributed by atoms with van der Waals surface area (Å²) in [7, 11) is 0. The molecule has 31 heavy (non-hydrogen) atoms. The zero-order valence-corrected chi connectivity index (χ0v) is 18.4. The zero-order valence-electron chi connectivity index (χ0n) is 17.7. The van der Waals surface area contributed by atoms with Crippen LogP contribution in [0, 0.1) is 10.1 Å². The number of hydrogen-bond donors (Lipinski definition) is 2. The van der Waals surface area contributed by atoms with Gasteiger partial charge in [0.2, 0.25) is 5.91 Å². The highest BCUT2D eigenvalue weighted by Crippen LogP contribution is 2.27. The Bertz CT molecular complexity index is 935. The van der Waals surface area contributed by atoms with Gasteiger partial charge in [0.15, 0.2) is 0 Å². The topological polar surface area (TPSA) is 105 Å². The normalized spacial score (nSPS) is 10.4. The number of nitro benzene ring substituents is 1. The Morgan fingerprint density at radius 3 is 2.52 bits per heavy atom. The molecule has 2 rings (SSSR count). The molecule has 0 aliphatic heterocycles. The monoisotopic (exact) mass is 446 g/mol. The highest BCUT2D eigenvalue weighted by atomic mass is 35.5. The van der Waals surface area contributed by atoms with Crippen molar-refractivity contribution in [3.8, 4) is 0 Å². The fourth-order valence-corrected chi connectivity index (χ4v) is 3.20. The number of carbonyl (C=O) groups is 2. The van der Waals surface area contributed by atoms with Crippen LogP contribution < -0.4 is 10.6 Å². The summed E-state index contributed by atoms with van der Waals surface area (Å²) in [6.07, 6.45) is 1.45. The minimum absolute atomic E-state index is 0.0903. The predicted molar refractivity (Wildman–Crippen MR) is 121 cm³/mol. The number of nitrogens with one attached hydrogen (secondary N) is 2. The number of carbonyl (C=O) groups excluding carboxylic acids is 2. The molecule has 166 valence electrons. The van der Waals surface area contributed by atoms with Gasteiger partial charge in [-0.3, -0.25) is 19.7 Å². The van der Waals surface area contributed by atoms with Crippen molar-refractivity contribution in [2.24, 2.45) is 0 Å². The number of nitro groups is 1. The quantitative estimate of drug-likeness (QED) is 0.397. The highest BCUT2D eigenvalue weighted by molar-refractivity contribution is 6.31. The lowest BCUT2D eigenvalue weighted by molar-refractivity contribution is -0.384. The van der Waals surface area contributed by atoms with Crippen LogP contribution in [0.25, 0.3) is 0 Å². The number of hydrogen-bond acceptors (Lipinski definition) is 5. The van der Waals surface area contributed by atoms with E-state index in [2.05, 4.69) is 10.6 Å². The summed E-state index contributed by atoms with van der Waals surface area (Å²) >= 11 is 6.14.